The lowest BCUT2D eigenvalue weighted by Crippen LogP contribution is -2.28. The first-order valence-corrected chi connectivity index (χ1v) is 14.0. The van der Waals surface area contributed by atoms with E-state index in [1.54, 1.807) is 12.3 Å². The number of nitrogens with one attached hydrogen (secondary N) is 1. The SMILES string of the molecule is C/C=C(/C)C(C)=C=C(CC)c1ccnc(C2=CC(=O)CC3=CC=C(N(CCC)C[C@H](C)C=N)C=C(C)C3=N2)c1. The fraction of sp³-hybridized carbons (Fsp3) is 0.382. The van der Waals surface area contributed by atoms with Crippen molar-refractivity contribution < 1.29 is 4.79 Å². The first kappa shape index (κ1) is 29.7. The molecular formula is C34H42N4O. The summed E-state index contributed by atoms with van der Waals surface area (Å²) in [5.41, 5.74) is 13.1. The van der Waals surface area contributed by atoms with E-state index in [-0.39, 0.29) is 11.7 Å². The Bertz CT molecular complexity index is 1370. The molecule has 1 N–H and O–H groups in total. The van der Waals surface area contributed by atoms with Gasteiger partial charge in [-0.2, -0.15) is 0 Å². The molecule has 204 valence electrons. The van der Waals surface area contributed by atoms with Crippen molar-refractivity contribution in [2.45, 2.75) is 67.7 Å². The second-order valence-corrected chi connectivity index (χ2v) is 10.3. The number of aliphatic imine (C=N–C) groups is 1. The molecular weight excluding hydrogens is 480 g/mol. The van der Waals surface area contributed by atoms with Gasteiger partial charge in [-0.3, -0.25) is 9.78 Å². The highest BCUT2D eigenvalue weighted by Crippen LogP contribution is 2.29. The third kappa shape index (κ3) is 7.61. The minimum Gasteiger partial charge on any atom is -0.371 e. The number of nitrogens with zero attached hydrogens (tertiary/aromatic N) is 3. The van der Waals surface area contributed by atoms with E-state index in [1.165, 1.54) is 11.8 Å². The van der Waals surface area contributed by atoms with E-state index in [0.717, 1.165) is 65.2 Å². The lowest BCUT2D eigenvalue weighted by atomic mass is 10.00. The van der Waals surface area contributed by atoms with Gasteiger partial charge in [0.2, 0.25) is 0 Å². The van der Waals surface area contributed by atoms with E-state index in [4.69, 9.17) is 10.4 Å². The van der Waals surface area contributed by atoms with Gasteiger partial charge in [-0.25, -0.2) is 4.99 Å². The second kappa shape index (κ2) is 13.8. The molecule has 0 radical (unpaired) electrons. The van der Waals surface area contributed by atoms with Crippen LogP contribution in [0.4, 0.5) is 0 Å². The number of rotatable bonds is 10. The number of hydrogen-bond acceptors (Lipinski definition) is 5. The Balaban J connectivity index is 2.06. The number of carbonyl (C=O) groups excluding carboxylic acids is 1. The smallest absolute Gasteiger partial charge is 0.162 e. The van der Waals surface area contributed by atoms with Crippen LogP contribution in [0.5, 0.6) is 0 Å². The second-order valence-electron chi connectivity index (χ2n) is 10.3. The van der Waals surface area contributed by atoms with Crippen molar-refractivity contribution in [3.05, 3.63) is 93.7 Å². The summed E-state index contributed by atoms with van der Waals surface area (Å²) in [6.07, 6.45) is 15.4. The van der Waals surface area contributed by atoms with E-state index >= 15 is 0 Å². The minimum absolute atomic E-state index is 0.0143. The van der Waals surface area contributed by atoms with Crippen molar-refractivity contribution in [1.82, 2.24) is 9.88 Å². The van der Waals surface area contributed by atoms with Gasteiger partial charge in [-0.1, -0.05) is 32.9 Å². The summed E-state index contributed by atoms with van der Waals surface area (Å²) in [5.74, 6) is 0.169. The van der Waals surface area contributed by atoms with Crippen molar-refractivity contribution in [2.75, 3.05) is 13.1 Å². The Hall–Kier alpha value is -3.82. The van der Waals surface area contributed by atoms with Crippen molar-refractivity contribution in [3.8, 4) is 0 Å². The summed E-state index contributed by atoms with van der Waals surface area (Å²) in [6.45, 7) is 16.3. The predicted molar refractivity (Wildman–Crippen MR) is 165 cm³/mol. The van der Waals surface area contributed by atoms with Gasteiger partial charge in [0.25, 0.3) is 0 Å². The maximum absolute atomic E-state index is 13.1. The first-order valence-electron chi connectivity index (χ1n) is 14.0. The molecule has 5 heteroatoms. The maximum Gasteiger partial charge on any atom is 0.162 e. The van der Waals surface area contributed by atoms with Crippen LogP contribution in [-0.2, 0) is 4.79 Å². The van der Waals surface area contributed by atoms with Crippen molar-refractivity contribution in [3.63, 3.8) is 0 Å². The van der Waals surface area contributed by atoms with Gasteiger partial charge >= 0.3 is 0 Å². The molecule has 0 saturated heterocycles. The number of carbonyl (C=O) groups is 1. The molecule has 0 amide bonds. The first-order chi connectivity index (χ1) is 18.7. The van der Waals surface area contributed by atoms with Crippen LogP contribution in [0.15, 0.2) is 87.4 Å². The fourth-order valence-electron chi connectivity index (χ4n) is 4.69. The standard InChI is InChI=1S/C34H42N4O/c1-8-15-38(22-23(4)21-35)30-12-11-29-18-31(39)20-33(37-34(29)26(7)17-30)32-19-28(13-14-36-32)27(10-3)16-25(6)24(5)9-2/h9,11-14,17,19-21,23,35H,8,10,15,18,22H2,1-7H3/b24-9-,35-21?/t16?,23-/m1/s1. The molecule has 0 saturated carbocycles. The monoisotopic (exact) mass is 522 g/mol. The van der Waals surface area contributed by atoms with E-state index in [0.29, 0.717) is 17.8 Å². The Morgan fingerprint density at radius 2 is 2.00 bits per heavy atom. The van der Waals surface area contributed by atoms with E-state index < -0.39 is 0 Å². The summed E-state index contributed by atoms with van der Waals surface area (Å²) in [4.78, 5) is 25.0. The van der Waals surface area contributed by atoms with Gasteiger partial charge in [-0.15, -0.1) is 5.73 Å². The molecule has 3 rings (SSSR count). The summed E-state index contributed by atoms with van der Waals surface area (Å²) in [6, 6.07) is 4.01. The van der Waals surface area contributed by atoms with Crippen LogP contribution in [0.3, 0.4) is 0 Å². The normalized spacial score (nSPS) is 16.2. The molecule has 1 aromatic rings. The molecule has 5 nitrogen and oxygen atoms in total. The molecule has 0 bridgehead atoms. The fourth-order valence-corrected chi connectivity index (χ4v) is 4.69. The molecule has 1 aromatic heterocycles. The Morgan fingerprint density at radius 3 is 2.67 bits per heavy atom. The number of allylic oxidation sites excluding steroid dienone is 9. The molecule has 1 atom stereocenters. The van der Waals surface area contributed by atoms with Gasteiger partial charge in [-0.05, 0) is 98.9 Å². The van der Waals surface area contributed by atoms with Crippen LogP contribution < -0.4 is 0 Å². The summed E-state index contributed by atoms with van der Waals surface area (Å²) in [7, 11) is 0. The largest absolute Gasteiger partial charge is 0.371 e. The molecule has 0 unspecified atom stereocenters. The molecule has 1 aliphatic heterocycles. The van der Waals surface area contributed by atoms with Crippen LogP contribution >= 0.6 is 0 Å². The number of fused-ring (bicyclic) bond motifs is 1. The Kier molecular flexibility index (Phi) is 10.5. The molecule has 2 heterocycles. The van der Waals surface area contributed by atoms with Gasteiger partial charge in [0.15, 0.2) is 5.78 Å². The van der Waals surface area contributed by atoms with Gasteiger partial charge in [0.1, 0.15) is 0 Å². The van der Waals surface area contributed by atoms with E-state index in [2.05, 4.69) is 75.4 Å². The van der Waals surface area contributed by atoms with Crippen molar-refractivity contribution in [2.24, 2.45) is 10.9 Å². The highest BCUT2D eigenvalue weighted by molar-refractivity contribution is 6.19. The third-order valence-corrected chi connectivity index (χ3v) is 7.13. The predicted octanol–water partition coefficient (Wildman–Crippen LogP) is 7.91. The average Bonchev–Trinajstić information content (AvgIpc) is 3.20. The lowest BCUT2D eigenvalue weighted by Gasteiger charge is -2.27. The van der Waals surface area contributed by atoms with Gasteiger partial charge < -0.3 is 10.3 Å². The van der Waals surface area contributed by atoms with Crippen LogP contribution in [-0.4, -0.2) is 40.7 Å². The van der Waals surface area contributed by atoms with E-state index in [1.807, 2.05) is 25.1 Å². The third-order valence-electron chi connectivity index (χ3n) is 7.13. The minimum atomic E-state index is 0.0143. The lowest BCUT2D eigenvalue weighted by molar-refractivity contribution is -0.113. The van der Waals surface area contributed by atoms with Gasteiger partial charge in [0, 0.05) is 49.0 Å². The number of ketones is 1. The average molecular weight is 523 g/mol. The zero-order chi connectivity index (χ0) is 28.5. The van der Waals surface area contributed by atoms with Crippen molar-refractivity contribution in [1.29, 1.82) is 5.41 Å². The molecule has 1 aliphatic carbocycles. The molecule has 0 spiro atoms. The summed E-state index contributed by atoms with van der Waals surface area (Å²) in [5, 5.41) is 7.65. The summed E-state index contributed by atoms with van der Waals surface area (Å²) >= 11 is 0. The topological polar surface area (TPSA) is 69.4 Å². The van der Waals surface area contributed by atoms with E-state index in [9.17, 15) is 4.79 Å². The number of pyridine rings is 1. The highest BCUT2D eigenvalue weighted by Gasteiger charge is 2.22. The number of aromatic nitrogens is 1. The van der Waals surface area contributed by atoms with Crippen LogP contribution in [0.2, 0.25) is 0 Å². The van der Waals surface area contributed by atoms with Gasteiger partial charge in [0.05, 0.1) is 17.1 Å². The molecule has 39 heavy (non-hydrogen) atoms. The Labute approximate surface area is 234 Å². The Morgan fingerprint density at radius 1 is 1.23 bits per heavy atom. The summed E-state index contributed by atoms with van der Waals surface area (Å²) < 4.78 is 0. The van der Waals surface area contributed by atoms with Crippen LogP contribution in [0, 0.1) is 11.3 Å². The molecule has 2 aliphatic rings. The van der Waals surface area contributed by atoms with Crippen molar-refractivity contribution >= 4 is 29.0 Å². The maximum atomic E-state index is 13.1. The zero-order valence-electron chi connectivity index (χ0n) is 24.6. The molecule has 0 aromatic carbocycles. The highest BCUT2D eigenvalue weighted by atomic mass is 16.1. The van der Waals surface area contributed by atoms with Crippen LogP contribution in [0.1, 0.15) is 79.0 Å². The number of hydrogen-bond donors (Lipinski definition) is 1. The molecule has 0 fully saturated rings. The quantitative estimate of drug-likeness (QED) is 0.193. The van der Waals surface area contributed by atoms with Crippen LogP contribution in [0.25, 0.3) is 11.3 Å². The zero-order valence-corrected chi connectivity index (χ0v) is 24.6.